The minimum absolute atomic E-state index is 0.0717. The molecule has 1 saturated heterocycles. The third kappa shape index (κ3) is 4.14. The summed E-state index contributed by atoms with van der Waals surface area (Å²) in [6.07, 6.45) is 4.30. The molecule has 0 aromatic rings. The lowest BCUT2D eigenvalue weighted by atomic mass is 9.96. The maximum atomic E-state index is 12.4. The quantitative estimate of drug-likeness (QED) is 0.764. The zero-order valence-corrected chi connectivity index (χ0v) is 14.5. The number of carbonyl (C=O) groups is 1. The highest BCUT2D eigenvalue weighted by atomic mass is 32.2. The number of carbonyl (C=O) groups excluding carboxylic acids is 1. The van der Waals surface area contributed by atoms with Crippen LogP contribution in [0.5, 0.6) is 0 Å². The van der Waals surface area contributed by atoms with Crippen LogP contribution in [0.25, 0.3) is 0 Å². The molecule has 2 aliphatic rings. The third-order valence-electron chi connectivity index (χ3n) is 4.37. The number of hydrogen-bond acceptors (Lipinski definition) is 5. The van der Waals surface area contributed by atoms with Gasteiger partial charge in [0.2, 0.25) is 0 Å². The predicted molar refractivity (Wildman–Crippen MR) is 86.7 cm³/mol. The van der Waals surface area contributed by atoms with Crippen LogP contribution in [0.2, 0.25) is 0 Å². The van der Waals surface area contributed by atoms with E-state index in [4.69, 9.17) is 9.47 Å². The molecule has 0 aromatic heterocycles. The van der Waals surface area contributed by atoms with Crippen molar-refractivity contribution in [1.82, 2.24) is 5.32 Å². The van der Waals surface area contributed by atoms with Gasteiger partial charge in [-0.05, 0) is 53.4 Å². The van der Waals surface area contributed by atoms with Crippen molar-refractivity contribution in [2.75, 3.05) is 13.2 Å². The SMILES string of the molecule is CCOC(=O)C1(NC(C)C)CCC(SC2CCOC2C)C1. The van der Waals surface area contributed by atoms with Crippen molar-refractivity contribution in [2.45, 2.75) is 81.6 Å². The molecule has 0 radical (unpaired) electrons. The van der Waals surface area contributed by atoms with Gasteiger partial charge >= 0.3 is 5.97 Å². The molecule has 4 unspecified atom stereocenters. The number of hydrogen-bond donors (Lipinski definition) is 1. The van der Waals surface area contributed by atoms with Gasteiger partial charge < -0.3 is 9.47 Å². The van der Waals surface area contributed by atoms with Crippen LogP contribution in [0.15, 0.2) is 0 Å². The van der Waals surface area contributed by atoms with Crippen molar-refractivity contribution >= 4 is 17.7 Å². The van der Waals surface area contributed by atoms with Crippen LogP contribution >= 0.6 is 11.8 Å². The number of thioether (sulfide) groups is 1. The van der Waals surface area contributed by atoms with Crippen LogP contribution in [0.3, 0.4) is 0 Å². The van der Waals surface area contributed by atoms with E-state index in [1.165, 1.54) is 0 Å². The van der Waals surface area contributed by atoms with Crippen LogP contribution in [0.1, 0.15) is 53.4 Å². The molecular formula is C16H29NO3S. The van der Waals surface area contributed by atoms with Gasteiger partial charge in [-0.25, -0.2) is 0 Å². The van der Waals surface area contributed by atoms with E-state index in [0.29, 0.717) is 23.2 Å². The van der Waals surface area contributed by atoms with Gasteiger partial charge in [0.25, 0.3) is 0 Å². The van der Waals surface area contributed by atoms with Crippen LogP contribution < -0.4 is 5.32 Å². The molecule has 4 nitrogen and oxygen atoms in total. The van der Waals surface area contributed by atoms with Crippen LogP contribution in [0, 0.1) is 0 Å². The van der Waals surface area contributed by atoms with Crippen molar-refractivity contribution in [2.24, 2.45) is 0 Å². The van der Waals surface area contributed by atoms with Crippen LogP contribution in [-0.4, -0.2) is 47.4 Å². The van der Waals surface area contributed by atoms with E-state index in [0.717, 1.165) is 32.3 Å². The lowest BCUT2D eigenvalue weighted by Crippen LogP contribution is -2.54. The van der Waals surface area contributed by atoms with E-state index in [9.17, 15) is 4.79 Å². The molecule has 122 valence electrons. The maximum absolute atomic E-state index is 12.4. The first kappa shape index (κ1) is 17.1. The van der Waals surface area contributed by atoms with Crippen LogP contribution in [-0.2, 0) is 14.3 Å². The minimum atomic E-state index is -0.482. The summed E-state index contributed by atoms with van der Waals surface area (Å²) >= 11 is 2.02. The Morgan fingerprint density at radius 2 is 2.24 bits per heavy atom. The zero-order valence-electron chi connectivity index (χ0n) is 13.7. The Morgan fingerprint density at radius 3 is 2.81 bits per heavy atom. The Kier molecular flexibility index (Phi) is 5.97. The molecule has 0 bridgehead atoms. The number of esters is 1. The monoisotopic (exact) mass is 315 g/mol. The van der Waals surface area contributed by atoms with Gasteiger partial charge in [0, 0.05) is 23.1 Å². The van der Waals surface area contributed by atoms with Gasteiger partial charge in [-0.3, -0.25) is 10.1 Å². The second kappa shape index (κ2) is 7.34. The molecule has 0 amide bonds. The second-order valence-electron chi connectivity index (χ2n) is 6.51. The summed E-state index contributed by atoms with van der Waals surface area (Å²) in [4.78, 5) is 12.4. The molecule has 1 aliphatic heterocycles. The van der Waals surface area contributed by atoms with Crippen LogP contribution in [0.4, 0.5) is 0 Å². The van der Waals surface area contributed by atoms with E-state index in [1.54, 1.807) is 0 Å². The molecular weight excluding hydrogens is 286 g/mol. The Hall–Kier alpha value is -0.260. The van der Waals surface area contributed by atoms with Gasteiger partial charge in [0.15, 0.2) is 0 Å². The smallest absolute Gasteiger partial charge is 0.326 e. The first-order valence-corrected chi connectivity index (χ1v) is 9.13. The average molecular weight is 315 g/mol. The first-order valence-electron chi connectivity index (χ1n) is 8.19. The summed E-state index contributed by atoms with van der Waals surface area (Å²) < 4.78 is 11.0. The van der Waals surface area contributed by atoms with Crippen molar-refractivity contribution < 1.29 is 14.3 Å². The molecule has 1 N–H and O–H groups in total. The number of rotatable bonds is 6. The first-order chi connectivity index (χ1) is 9.97. The lowest BCUT2D eigenvalue weighted by molar-refractivity contribution is -0.151. The molecule has 5 heteroatoms. The van der Waals surface area contributed by atoms with E-state index >= 15 is 0 Å². The predicted octanol–water partition coefficient (Wildman–Crippen LogP) is 2.75. The third-order valence-corrected chi connectivity index (χ3v) is 6.13. The van der Waals surface area contributed by atoms with Crippen molar-refractivity contribution in [3.8, 4) is 0 Å². The highest BCUT2D eigenvalue weighted by Gasteiger charge is 2.47. The highest BCUT2D eigenvalue weighted by molar-refractivity contribution is 8.00. The van der Waals surface area contributed by atoms with Crippen molar-refractivity contribution in [3.05, 3.63) is 0 Å². The Bertz CT molecular complexity index is 363. The van der Waals surface area contributed by atoms with Gasteiger partial charge in [-0.15, -0.1) is 0 Å². The summed E-state index contributed by atoms with van der Waals surface area (Å²) in [7, 11) is 0. The average Bonchev–Trinajstić information content (AvgIpc) is 2.98. The summed E-state index contributed by atoms with van der Waals surface area (Å²) in [6, 6.07) is 0.284. The Labute approximate surface area is 132 Å². The molecule has 0 aromatic carbocycles. The number of ether oxygens (including phenoxy) is 2. The van der Waals surface area contributed by atoms with Gasteiger partial charge in [-0.2, -0.15) is 11.8 Å². The van der Waals surface area contributed by atoms with Crippen molar-refractivity contribution in [3.63, 3.8) is 0 Å². The summed E-state index contributed by atoms with van der Waals surface area (Å²) in [5.74, 6) is -0.0717. The number of nitrogens with one attached hydrogen (secondary N) is 1. The fourth-order valence-electron chi connectivity index (χ4n) is 3.45. The van der Waals surface area contributed by atoms with E-state index in [1.807, 2.05) is 18.7 Å². The largest absolute Gasteiger partial charge is 0.465 e. The topological polar surface area (TPSA) is 47.6 Å². The van der Waals surface area contributed by atoms with Crippen molar-refractivity contribution in [1.29, 1.82) is 0 Å². The minimum Gasteiger partial charge on any atom is -0.465 e. The lowest BCUT2D eigenvalue weighted by Gasteiger charge is -2.30. The maximum Gasteiger partial charge on any atom is 0.326 e. The Balaban J connectivity index is 1.98. The summed E-state index contributed by atoms with van der Waals surface area (Å²) in [6.45, 7) is 9.54. The second-order valence-corrected chi connectivity index (χ2v) is 8.05. The fraction of sp³-hybridized carbons (Fsp3) is 0.938. The summed E-state index contributed by atoms with van der Waals surface area (Å²) in [5, 5.41) is 4.59. The van der Waals surface area contributed by atoms with Gasteiger partial charge in [-0.1, -0.05) is 0 Å². The molecule has 4 atom stereocenters. The highest BCUT2D eigenvalue weighted by Crippen LogP contribution is 2.42. The normalized spacial score (nSPS) is 36.3. The molecule has 0 spiro atoms. The fourth-order valence-corrected chi connectivity index (χ4v) is 5.11. The molecule has 2 rings (SSSR count). The molecule has 2 fully saturated rings. The molecule has 1 heterocycles. The summed E-state index contributed by atoms with van der Waals surface area (Å²) in [5.41, 5.74) is -0.482. The van der Waals surface area contributed by atoms with E-state index in [-0.39, 0.29) is 12.0 Å². The molecule has 21 heavy (non-hydrogen) atoms. The zero-order chi connectivity index (χ0) is 15.5. The van der Waals surface area contributed by atoms with Gasteiger partial charge in [0.05, 0.1) is 12.7 Å². The molecule has 1 saturated carbocycles. The van der Waals surface area contributed by atoms with E-state index < -0.39 is 5.54 Å². The van der Waals surface area contributed by atoms with Gasteiger partial charge in [0.1, 0.15) is 5.54 Å². The van der Waals surface area contributed by atoms with E-state index in [2.05, 4.69) is 26.1 Å². The standard InChI is InChI=1S/C16H29NO3S/c1-5-19-15(18)16(17-11(2)3)8-6-13(10-16)21-14-7-9-20-12(14)4/h11-14,17H,5-10H2,1-4H3. The Morgan fingerprint density at radius 1 is 1.48 bits per heavy atom. The molecule has 1 aliphatic carbocycles.